The number of amides is 1. The van der Waals surface area contributed by atoms with Crippen molar-refractivity contribution in [3.8, 4) is 0 Å². The summed E-state index contributed by atoms with van der Waals surface area (Å²) in [5, 5.41) is 2.38. The van der Waals surface area contributed by atoms with Gasteiger partial charge in [0.15, 0.2) is 0 Å². The lowest BCUT2D eigenvalue weighted by Crippen LogP contribution is -2.47. The van der Waals surface area contributed by atoms with Crippen molar-refractivity contribution >= 4 is 22.1 Å². The van der Waals surface area contributed by atoms with E-state index in [0.717, 1.165) is 23.1 Å². The number of nitrogens with zero attached hydrogens (tertiary/aromatic N) is 1. The molecule has 1 aliphatic heterocycles. The average Bonchev–Trinajstić information content (AvgIpc) is 2.91. The van der Waals surface area contributed by atoms with Crippen molar-refractivity contribution in [2.45, 2.75) is 101 Å². The Morgan fingerprint density at radius 1 is 0.975 bits per heavy atom. The largest absolute Gasteiger partial charge is 0.468 e. The molecule has 1 saturated carbocycles. The van der Waals surface area contributed by atoms with Crippen LogP contribution in [0.15, 0.2) is 54.6 Å². The lowest BCUT2D eigenvalue weighted by Gasteiger charge is -2.39. The van der Waals surface area contributed by atoms with Gasteiger partial charge in [-0.15, -0.1) is 0 Å². The minimum absolute atomic E-state index is 0.0877. The summed E-state index contributed by atoms with van der Waals surface area (Å²) in [6.07, 6.45) is 3.21. The van der Waals surface area contributed by atoms with Gasteiger partial charge in [-0.05, 0) is 82.9 Å². The number of nitrogens with one attached hydrogen (secondary N) is 1. The zero-order valence-corrected chi connectivity index (χ0v) is 25.0. The first-order valence-corrected chi connectivity index (χ1v) is 15.6. The molecular weight excluding hydrogens is 528 g/mol. The Balaban J connectivity index is 1.48. The standard InChI is InChI=1S/C31H42N2O6S/c1-22-11-16-27(24-9-7-6-8-10-24)40(36,37)33(22)21-23-12-14-25(15-13-23)31(28(34)38-5)19-17-26(18-20-31)32-29(35)39-30(2,3)4/h6-10,12-15,22,26-27H,11,16-21H2,1-5H3,(H,32,35)/t22-,26?,27?,31?/m0/s1. The van der Waals surface area contributed by atoms with E-state index in [1.165, 1.54) is 7.11 Å². The van der Waals surface area contributed by atoms with E-state index in [9.17, 15) is 18.0 Å². The zero-order chi connectivity index (χ0) is 29.1. The number of ether oxygens (including phenoxy) is 2. The van der Waals surface area contributed by atoms with Crippen LogP contribution < -0.4 is 5.32 Å². The van der Waals surface area contributed by atoms with E-state index < -0.39 is 32.4 Å². The number of hydrogen-bond acceptors (Lipinski definition) is 6. The number of benzene rings is 2. The molecule has 1 heterocycles. The molecule has 1 amide bonds. The Morgan fingerprint density at radius 3 is 2.17 bits per heavy atom. The van der Waals surface area contributed by atoms with Crippen LogP contribution in [0, 0.1) is 0 Å². The first kappa shape index (κ1) is 30.1. The van der Waals surface area contributed by atoms with Gasteiger partial charge in [0, 0.05) is 18.6 Å². The van der Waals surface area contributed by atoms with Crippen molar-refractivity contribution in [3.63, 3.8) is 0 Å². The summed E-state index contributed by atoms with van der Waals surface area (Å²) in [7, 11) is -2.14. The Hall–Kier alpha value is -2.91. The highest BCUT2D eigenvalue weighted by Gasteiger charge is 2.45. The molecule has 1 saturated heterocycles. The molecule has 0 spiro atoms. The summed E-state index contributed by atoms with van der Waals surface area (Å²) in [4.78, 5) is 25.3. The first-order chi connectivity index (χ1) is 18.9. The Kier molecular flexibility index (Phi) is 8.95. The van der Waals surface area contributed by atoms with Gasteiger partial charge >= 0.3 is 12.1 Å². The molecule has 0 aromatic heterocycles. The normalized spacial score (nSPS) is 27.0. The number of rotatable bonds is 6. The Bertz CT molecular complexity index is 1280. The fourth-order valence-corrected chi connectivity index (χ4v) is 8.19. The van der Waals surface area contributed by atoms with Crippen LogP contribution in [-0.4, -0.2) is 49.6 Å². The van der Waals surface area contributed by atoms with E-state index in [1.54, 1.807) is 4.31 Å². The lowest BCUT2D eigenvalue weighted by molar-refractivity contribution is -0.149. The van der Waals surface area contributed by atoms with Crippen molar-refractivity contribution in [2.75, 3.05) is 7.11 Å². The van der Waals surface area contributed by atoms with Gasteiger partial charge in [-0.3, -0.25) is 4.79 Å². The SMILES string of the molecule is COC(=O)C1(c2ccc(CN3[C@@H](C)CCC(c4ccccc4)S3(=O)=O)cc2)CCC(NC(=O)OC(C)(C)C)CC1. The fourth-order valence-electron chi connectivity index (χ4n) is 6.00. The molecule has 2 aliphatic rings. The van der Waals surface area contributed by atoms with Crippen molar-refractivity contribution in [2.24, 2.45) is 0 Å². The van der Waals surface area contributed by atoms with Crippen molar-refractivity contribution in [3.05, 3.63) is 71.3 Å². The van der Waals surface area contributed by atoms with Gasteiger partial charge in [0.25, 0.3) is 0 Å². The van der Waals surface area contributed by atoms with Crippen LogP contribution in [-0.2, 0) is 36.3 Å². The van der Waals surface area contributed by atoms with E-state index in [2.05, 4.69) is 5.32 Å². The summed E-state index contributed by atoms with van der Waals surface area (Å²) in [5.41, 5.74) is 1.14. The van der Waals surface area contributed by atoms with Crippen LogP contribution in [0.4, 0.5) is 4.79 Å². The van der Waals surface area contributed by atoms with E-state index in [4.69, 9.17) is 9.47 Å². The average molecular weight is 571 g/mol. The minimum atomic E-state index is -3.54. The van der Waals surface area contributed by atoms with E-state index in [1.807, 2.05) is 82.3 Å². The summed E-state index contributed by atoms with van der Waals surface area (Å²) in [5.74, 6) is -0.297. The molecule has 2 atom stereocenters. The third kappa shape index (κ3) is 6.52. The highest BCUT2D eigenvalue weighted by molar-refractivity contribution is 7.89. The Labute approximate surface area is 238 Å². The second-order valence-electron chi connectivity index (χ2n) is 12.1. The van der Waals surface area contributed by atoms with Crippen LogP contribution in [0.3, 0.4) is 0 Å². The maximum Gasteiger partial charge on any atom is 0.407 e. The molecule has 1 aliphatic carbocycles. The lowest BCUT2D eigenvalue weighted by atomic mass is 9.68. The van der Waals surface area contributed by atoms with E-state index in [0.29, 0.717) is 32.1 Å². The second-order valence-corrected chi connectivity index (χ2v) is 14.2. The van der Waals surface area contributed by atoms with Gasteiger partial charge in [0.2, 0.25) is 10.0 Å². The van der Waals surface area contributed by atoms with Crippen molar-refractivity contribution in [1.82, 2.24) is 9.62 Å². The molecule has 2 aromatic rings. The van der Waals surface area contributed by atoms with Gasteiger partial charge < -0.3 is 14.8 Å². The molecule has 1 N–H and O–H groups in total. The highest BCUT2D eigenvalue weighted by atomic mass is 32.2. The molecule has 40 heavy (non-hydrogen) atoms. The first-order valence-electron chi connectivity index (χ1n) is 14.1. The summed E-state index contributed by atoms with van der Waals surface area (Å²) in [6.45, 7) is 7.70. The summed E-state index contributed by atoms with van der Waals surface area (Å²) in [6, 6.07) is 16.9. The maximum absolute atomic E-state index is 13.6. The molecule has 2 fully saturated rings. The molecule has 8 nitrogen and oxygen atoms in total. The third-order valence-electron chi connectivity index (χ3n) is 8.18. The van der Waals surface area contributed by atoms with Gasteiger partial charge in [-0.1, -0.05) is 54.6 Å². The van der Waals surface area contributed by atoms with Crippen molar-refractivity contribution in [1.29, 1.82) is 0 Å². The predicted octanol–water partition coefficient (Wildman–Crippen LogP) is 5.62. The molecule has 218 valence electrons. The molecule has 0 radical (unpaired) electrons. The van der Waals surface area contributed by atoms with Gasteiger partial charge in [0.05, 0.1) is 12.5 Å². The van der Waals surface area contributed by atoms with E-state index >= 15 is 0 Å². The second kappa shape index (κ2) is 11.9. The topological polar surface area (TPSA) is 102 Å². The van der Waals surface area contributed by atoms with Crippen LogP contribution in [0.25, 0.3) is 0 Å². The molecule has 2 aromatic carbocycles. The zero-order valence-electron chi connectivity index (χ0n) is 24.2. The van der Waals surface area contributed by atoms with Crippen LogP contribution in [0.2, 0.25) is 0 Å². The quantitative estimate of drug-likeness (QED) is 0.453. The number of hydrogen-bond donors (Lipinski definition) is 1. The summed E-state index contributed by atoms with van der Waals surface area (Å²) < 4.78 is 39.5. The molecule has 0 bridgehead atoms. The maximum atomic E-state index is 13.6. The number of sulfonamides is 1. The monoisotopic (exact) mass is 570 g/mol. The van der Waals surface area contributed by atoms with Gasteiger partial charge in [-0.2, -0.15) is 4.31 Å². The number of esters is 1. The minimum Gasteiger partial charge on any atom is -0.468 e. The number of methoxy groups -OCH3 is 1. The smallest absolute Gasteiger partial charge is 0.407 e. The van der Waals surface area contributed by atoms with Crippen molar-refractivity contribution < 1.29 is 27.5 Å². The summed E-state index contributed by atoms with van der Waals surface area (Å²) >= 11 is 0. The van der Waals surface area contributed by atoms with Crippen LogP contribution in [0.5, 0.6) is 0 Å². The van der Waals surface area contributed by atoms with Gasteiger partial charge in [0.1, 0.15) is 10.9 Å². The third-order valence-corrected chi connectivity index (χ3v) is 10.5. The molecule has 4 rings (SSSR count). The Morgan fingerprint density at radius 2 is 1.60 bits per heavy atom. The molecule has 1 unspecified atom stereocenters. The predicted molar refractivity (Wildman–Crippen MR) is 154 cm³/mol. The molecular formula is C31H42N2O6S. The number of carbonyl (C=O) groups is 2. The van der Waals surface area contributed by atoms with Gasteiger partial charge in [-0.25, -0.2) is 13.2 Å². The number of carbonyl (C=O) groups excluding carboxylic acids is 2. The van der Waals surface area contributed by atoms with Crippen LogP contribution in [0.1, 0.15) is 88.2 Å². The molecule has 9 heteroatoms. The fraction of sp³-hybridized carbons (Fsp3) is 0.548. The van der Waals surface area contributed by atoms with Crippen LogP contribution >= 0.6 is 0 Å². The van der Waals surface area contributed by atoms with E-state index in [-0.39, 0.29) is 24.6 Å². The number of alkyl carbamates (subject to hydrolysis) is 1. The highest BCUT2D eigenvalue weighted by Crippen LogP contribution is 2.42.